The lowest BCUT2D eigenvalue weighted by molar-refractivity contribution is -0.117. The van der Waals surface area contributed by atoms with Crippen LogP contribution >= 0.6 is 11.6 Å². The molecule has 28 heavy (non-hydrogen) atoms. The first kappa shape index (κ1) is 18.2. The normalized spacial score (nSPS) is 13.9. The zero-order valence-electron chi connectivity index (χ0n) is 14.8. The molecule has 2 heterocycles. The van der Waals surface area contributed by atoms with Crippen LogP contribution in [0.1, 0.15) is 29.0 Å². The highest BCUT2D eigenvalue weighted by Gasteiger charge is 2.21. The van der Waals surface area contributed by atoms with Crippen LogP contribution in [-0.4, -0.2) is 28.4 Å². The van der Waals surface area contributed by atoms with Crippen molar-refractivity contribution in [2.75, 3.05) is 11.4 Å². The molecule has 7 nitrogen and oxygen atoms in total. The van der Waals surface area contributed by atoms with E-state index in [4.69, 9.17) is 16.3 Å². The van der Waals surface area contributed by atoms with Gasteiger partial charge in [-0.3, -0.25) is 9.59 Å². The van der Waals surface area contributed by atoms with Crippen LogP contribution in [0.3, 0.4) is 0 Å². The molecular weight excluding hydrogens is 382 g/mol. The third-order valence-electron chi connectivity index (χ3n) is 4.55. The Balaban J connectivity index is 1.46. The SMILES string of the molecule is O=C(OCc1nc2cc(Cl)ccc2c(=O)[nH]1)c1ccc(N2CCCC2=O)cc1. The number of hydrogen-bond donors (Lipinski definition) is 1. The molecule has 1 aromatic heterocycles. The maximum absolute atomic E-state index is 12.3. The van der Waals surface area contributed by atoms with Crippen molar-refractivity contribution in [3.63, 3.8) is 0 Å². The molecule has 1 aliphatic heterocycles. The first-order valence-electron chi connectivity index (χ1n) is 8.77. The van der Waals surface area contributed by atoms with E-state index >= 15 is 0 Å². The number of nitrogens with zero attached hydrogens (tertiary/aromatic N) is 2. The smallest absolute Gasteiger partial charge is 0.338 e. The highest BCUT2D eigenvalue weighted by Crippen LogP contribution is 2.22. The third kappa shape index (κ3) is 3.61. The van der Waals surface area contributed by atoms with Crippen LogP contribution < -0.4 is 10.5 Å². The Morgan fingerprint density at radius 3 is 2.68 bits per heavy atom. The van der Waals surface area contributed by atoms with Crippen molar-refractivity contribution in [1.29, 1.82) is 0 Å². The van der Waals surface area contributed by atoms with E-state index in [1.807, 2.05) is 0 Å². The van der Waals surface area contributed by atoms with E-state index in [2.05, 4.69) is 9.97 Å². The Hall–Kier alpha value is -3.19. The molecule has 2 aromatic carbocycles. The number of carbonyl (C=O) groups excluding carboxylic acids is 2. The summed E-state index contributed by atoms with van der Waals surface area (Å²) in [6.07, 6.45) is 1.39. The molecule has 1 saturated heterocycles. The molecule has 1 amide bonds. The van der Waals surface area contributed by atoms with Gasteiger partial charge in [-0.25, -0.2) is 9.78 Å². The number of rotatable bonds is 4. The van der Waals surface area contributed by atoms with Crippen molar-refractivity contribution in [3.05, 3.63) is 69.2 Å². The minimum absolute atomic E-state index is 0.0850. The first-order valence-corrected chi connectivity index (χ1v) is 9.15. The van der Waals surface area contributed by atoms with Crippen LogP contribution in [0.2, 0.25) is 5.02 Å². The summed E-state index contributed by atoms with van der Waals surface area (Å²) in [6, 6.07) is 11.4. The first-order chi connectivity index (χ1) is 13.5. The number of aromatic nitrogens is 2. The number of esters is 1. The number of hydrogen-bond acceptors (Lipinski definition) is 5. The lowest BCUT2D eigenvalue weighted by Crippen LogP contribution is -2.23. The van der Waals surface area contributed by atoms with Crippen LogP contribution in [0.5, 0.6) is 0 Å². The topological polar surface area (TPSA) is 92.4 Å². The van der Waals surface area contributed by atoms with Gasteiger partial charge in [-0.2, -0.15) is 0 Å². The van der Waals surface area contributed by atoms with Crippen molar-refractivity contribution < 1.29 is 14.3 Å². The summed E-state index contributed by atoms with van der Waals surface area (Å²) in [5, 5.41) is 0.872. The van der Waals surface area contributed by atoms with Gasteiger partial charge in [0.1, 0.15) is 12.4 Å². The fraction of sp³-hybridized carbons (Fsp3) is 0.200. The highest BCUT2D eigenvalue weighted by molar-refractivity contribution is 6.31. The van der Waals surface area contributed by atoms with Crippen LogP contribution in [0, 0.1) is 0 Å². The molecule has 142 valence electrons. The summed E-state index contributed by atoms with van der Waals surface area (Å²) in [6.45, 7) is 0.510. The number of halogens is 1. The summed E-state index contributed by atoms with van der Waals surface area (Å²) in [7, 11) is 0. The summed E-state index contributed by atoms with van der Waals surface area (Å²) in [5.41, 5.74) is 1.22. The van der Waals surface area contributed by atoms with Crippen molar-refractivity contribution in [1.82, 2.24) is 9.97 Å². The molecule has 0 atom stereocenters. The van der Waals surface area contributed by atoms with E-state index in [-0.39, 0.29) is 23.9 Å². The van der Waals surface area contributed by atoms with Crippen molar-refractivity contribution >= 4 is 40.1 Å². The van der Waals surface area contributed by atoms with E-state index in [0.717, 1.165) is 12.1 Å². The molecule has 8 heteroatoms. The lowest BCUT2D eigenvalue weighted by Gasteiger charge is -2.15. The second kappa shape index (κ2) is 7.44. The van der Waals surface area contributed by atoms with Crippen LogP contribution in [0.25, 0.3) is 10.9 Å². The number of nitrogens with one attached hydrogen (secondary N) is 1. The molecule has 0 unspecified atom stereocenters. The van der Waals surface area contributed by atoms with Crippen LogP contribution in [0.4, 0.5) is 5.69 Å². The average Bonchev–Trinajstić information content (AvgIpc) is 3.12. The van der Waals surface area contributed by atoms with Crippen LogP contribution in [-0.2, 0) is 16.1 Å². The largest absolute Gasteiger partial charge is 0.454 e. The summed E-state index contributed by atoms with van der Waals surface area (Å²) < 4.78 is 5.25. The number of carbonyl (C=O) groups is 2. The van der Waals surface area contributed by atoms with E-state index in [1.165, 1.54) is 0 Å². The zero-order valence-corrected chi connectivity index (χ0v) is 15.5. The van der Waals surface area contributed by atoms with Crippen molar-refractivity contribution in [2.24, 2.45) is 0 Å². The number of H-pyrrole nitrogens is 1. The van der Waals surface area contributed by atoms with E-state index in [9.17, 15) is 14.4 Å². The van der Waals surface area contributed by atoms with Crippen molar-refractivity contribution in [2.45, 2.75) is 19.4 Å². The van der Waals surface area contributed by atoms with Gasteiger partial charge >= 0.3 is 5.97 Å². The molecule has 0 spiro atoms. The number of amides is 1. The molecule has 0 aliphatic carbocycles. The average molecular weight is 398 g/mol. The Morgan fingerprint density at radius 1 is 1.18 bits per heavy atom. The van der Waals surface area contributed by atoms with Gasteiger partial charge in [-0.15, -0.1) is 0 Å². The number of anilines is 1. The maximum atomic E-state index is 12.3. The fourth-order valence-electron chi connectivity index (χ4n) is 3.15. The fourth-order valence-corrected chi connectivity index (χ4v) is 3.31. The minimum Gasteiger partial charge on any atom is -0.454 e. The number of aromatic amines is 1. The van der Waals surface area contributed by atoms with E-state index in [1.54, 1.807) is 47.4 Å². The van der Waals surface area contributed by atoms with E-state index < -0.39 is 5.97 Å². The number of fused-ring (bicyclic) bond motifs is 1. The molecule has 1 N–H and O–H groups in total. The molecule has 1 fully saturated rings. The molecule has 4 rings (SSSR count). The predicted molar refractivity (Wildman–Crippen MR) is 105 cm³/mol. The Bertz CT molecular complexity index is 1120. The Morgan fingerprint density at radius 2 is 1.96 bits per heavy atom. The summed E-state index contributed by atoms with van der Waals surface area (Å²) in [4.78, 5) is 44.7. The van der Waals surface area contributed by atoms with Gasteiger partial charge in [0.05, 0.1) is 16.5 Å². The molecule has 0 saturated carbocycles. The van der Waals surface area contributed by atoms with Gasteiger partial charge in [0, 0.05) is 23.7 Å². The Labute approximate surface area is 164 Å². The van der Waals surface area contributed by atoms with E-state index in [0.29, 0.717) is 34.5 Å². The molecule has 0 bridgehead atoms. The monoisotopic (exact) mass is 397 g/mol. The second-order valence-electron chi connectivity index (χ2n) is 6.45. The molecule has 0 radical (unpaired) electrons. The molecule has 1 aliphatic rings. The number of benzene rings is 2. The molecular formula is C20H16ClN3O4. The molecule has 3 aromatic rings. The Kier molecular flexibility index (Phi) is 4.83. The van der Waals surface area contributed by atoms with Gasteiger partial charge in [-0.1, -0.05) is 11.6 Å². The third-order valence-corrected chi connectivity index (χ3v) is 4.78. The zero-order chi connectivity index (χ0) is 19.7. The predicted octanol–water partition coefficient (Wildman–Crippen LogP) is 3.06. The standard InChI is InChI=1S/C20H16ClN3O4/c21-13-5-8-15-16(10-13)22-17(23-19(15)26)11-28-20(27)12-3-6-14(7-4-12)24-9-1-2-18(24)25/h3-8,10H,1-2,9,11H2,(H,22,23,26). The highest BCUT2D eigenvalue weighted by atomic mass is 35.5. The van der Waals surface area contributed by atoms with Crippen LogP contribution in [0.15, 0.2) is 47.3 Å². The maximum Gasteiger partial charge on any atom is 0.338 e. The van der Waals surface area contributed by atoms with Gasteiger partial charge in [0.15, 0.2) is 0 Å². The summed E-state index contributed by atoms with van der Waals surface area (Å²) >= 11 is 5.94. The minimum atomic E-state index is -0.548. The van der Waals surface area contributed by atoms with Gasteiger partial charge in [-0.05, 0) is 48.9 Å². The quantitative estimate of drug-likeness (QED) is 0.683. The van der Waals surface area contributed by atoms with Gasteiger partial charge in [0.2, 0.25) is 5.91 Å². The lowest BCUT2D eigenvalue weighted by atomic mass is 10.2. The summed E-state index contributed by atoms with van der Waals surface area (Å²) in [5.74, 6) is -0.234. The second-order valence-corrected chi connectivity index (χ2v) is 6.88. The van der Waals surface area contributed by atoms with Gasteiger partial charge < -0.3 is 14.6 Å². The number of ether oxygens (including phenoxy) is 1. The van der Waals surface area contributed by atoms with Crippen molar-refractivity contribution in [3.8, 4) is 0 Å². The van der Waals surface area contributed by atoms with Gasteiger partial charge in [0.25, 0.3) is 5.56 Å².